The van der Waals surface area contributed by atoms with E-state index in [-0.39, 0.29) is 11.9 Å². The number of para-hydroxylation sites is 1. The second-order valence-corrected chi connectivity index (χ2v) is 6.57. The quantitative estimate of drug-likeness (QED) is 0.732. The summed E-state index contributed by atoms with van der Waals surface area (Å²) in [6, 6.07) is 14.3. The highest BCUT2D eigenvalue weighted by molar-refractivity contribution is 9.10. The molecule has 2 aromatic carbocycles. The molecule has 108 valence electrons. The van der Waals surface area contributed by atoms with Gasteiger partial charge in [0.1, 0.15) is 0 Å². The second-order valence-electron chi connectivity index (χ2n) is 5.65. The van der Waals surface area contributed by atoms with Gasteiger partial charge in [0.25, 0.3) is 5.91 Å². The van der Waals surface area contributed by atoms with E-state index in [0.717, 1.165) is 34.1 Å². The van der Waals surface area contributed by atoms with Crippen LogP contribution in [0.1, 0.15) is 34.8 Å². The lowest BCUT2D eigenvalue weighted by Crippen LogP contribution is -2.42. The van der Waals surface area contributed by atoms with Crippen molar-refractivity contribution in [2.24, 2.45) is 0 Å². The molecule has 3 rings (SSSR count). The first-order valence-corrected chi connectivity index (χ1v) is 8.05. The zero-order valence-electron chi connectivity index (χ0n) is 12.3. The topological polar surface area (TPSA) is 20.3 Å². The predicted molar refractivity (Wildman–Crippen MR) is 89.9 cm³/mol. The molecule has 3 heteroatoms. The number of aryl methyl sites for hydroxylation is 2. The number of anilines is 1. The van der Waals surface area contributed by atoms with Gasteiger partial charge in [-0.05, 0) is 56.0 Å². The summed E-state index contributed by atoms with van der Waals surface area (Å²) >= 11 is 3.46. The number of rotatable bonds is 1. The molecule has 0 N–H and O–H groups in total. The number of halogens is 1. The van der Waals surface area contributed by atoms with Crippen molar-refractivity contribution in [1.82, 2.24) is 0 Å². The van der Waals surface area contributed by atoms with Gasteiger partial charge in [-0.25, -0.2) is 0 Å². The Morgan fingerprint density at radius 3 is 2.81 bits per heavy atom. The molecule has 0 aromatic heterocycles. The maximum Gasteiger partial charge on any atom is 0.258 e. The summed E-state index contributed by atoms with van der Waals surface area (Å²) in [5.74, 6) is 0.0912. The van der Waals surface area contributed by atoms with E-state index in [1.54, 1.807) is 0 Å². The second kappa shape index (κ2) is 5.64. The molecule has 0 bridgehead atoms. The van der Waals surface area contributed by atoms with Gasteiger partial charge >= 0.3 is 0 Å². The highest BCUT2D eigenvalue weighted by Crippen LogP contribution is 2.32. The third-order valence-electron chi connectivity index (χ3n) is 4.17. The molecule has 0 spiro atoms. The Kier molecular flexibility index (Phi) is 3.85. The Hall–Kier alpha value is -1.61. The van der Waals surface area contributed by atoms with Gasteiger partial charge in [-0.15, -0.1) is 0 Å². The third-order valence-corrected chi connectivity index (χ3v) is 4.67. The monoisotopic (exact) mass is 343 g/mol. The Morgan fingerprint density at radius 1 is 1.24 bits per heavy atom. The molecular weight excluding hydrogens is 326 g/mol. The molecule has 1 heterocycles. The van der Waals surface area contributed by atoms with E-state index in [1.807, 2.05) is 42.2 Å². The van der Waals surface area contributed by atoms with Crippen LogP contribution in [-0.4, -0.2) is 11.9 Å². The molecule has 1 atom stereocenters. The van der Waals surface area contributed by atoms with Crippen molar-refractivity contribution in [2.75, 3.05) is 4.90 Å². The molecule has 1 aliphatic rings. The van der Waals surface area contributed by atoms with Crippen molar-refractivity contribution >= 4 is 27.5 Å². The summed E-state index contributed by atoms with van der Waals surface area (Å²) in [7, 11) is 0. The highest BCUT2D eigenvalue weighted by Gasteiger charge is 2.29. The van der Waals surface area contributed by atoms with Gasteiger partial charge in [-0.1, -0.05) is 40.2 Å². The summed E-state index contributed by atoms with van der Waals surface area (Å²) in [6.07, 6.45) is 2.05. The van der Waals surface area contributed by atoms with E-state index in [4.69, 9.17) is 0 Å². The average Bonchev–Trinajstić information content (AvgIpc) is 2.49. The van der Waals surface area contributed by atoms with E-state index < -0.39 is 0 Å². The van der Waals surface area contributed by atoms with Crippen LogP contribution in [0.4, 0.5) is 5.69 Å². The van der Waals surface area contributed by atoms with Crippen molar-refractivity contribution in [1.29, 1.82) is 0 Å². The SMILES string of the molecule is Cc1ccc(Br)cc1C(=O)N1c2ccccc2CCC1C. The number of carbonyl (C=O) groups is 1. The molecule has 0 aliphatic carbocycles. The molecule has 0 radical (unpaired) electrons. The van der Waals surface area contributed by atoms with Crippen LogP contribution in [0.3, 0.4) is 0 Å². The van der Waals surface area contributed by atoms with E-state index in [0.29, 0.717) is 0 Å². The van der Waals surface area contributed by atoms with Crippen molar-refractivity contribution in [2.45, 2.75) is 32.7 Å². The average molecular weight is 344 g/mol. The van der Waals surface area contributed by atoms with Crippen LogP contribution in [-0.2, 0) is 6.42 Å². The van der Waals surface area contributed by atoms with Crippen LogP contribution < -0.4 is 4.90 Å². The summed E-state index contributed by atoms with van der Waals surface area (Å²) in [5, 5.41) is 0. The van der Waals surface area contributed by atoms with Crippen molar-refractivity contribution in [3.63, 3.8) is 0 Å². The van der Waals surface area contributed by atoms with Gasteiger partial charge in [-0.3, -0.25) is 4.79 Å². The van der Waals surface area contributed by atoms with Gasteiger partial charge < -0.3 is 4.90 Å². The Morgan fingerprint density at radius 2 is 2.00 bits per heavy atom. The van der Waals surface area contributed by atoms with Gasteiger partial charge in [0.2, 0.25) is 0 Å². The molecule has 0 saturated heterocycles. The summed E-state index contributed by atoms with van der Waals surface area (Å²) in [5.41, 5.74) is 4.10. The predicted octanol–water partition coefficient (Wildman–Crippen LogP) is 4.74. The molecule has 0 saturated carbocycles. The normalized spacial score (nSPS) is 17.5. The standard InChI is InChI=1S/C18H18BrNO/c1-12-7-10-15(19)11-16(12)18(21)20-13(2)8-9-14-5-3-4-6-17(14)20/h3-7,10-11,13H,8-9H2,1-2H3. The maximum absolute atomic E-state index is 13.1. The minimum absolute atomic E-state index is 0.0912. The number of hydrogen-bond acceptors (Lipinski definition) is 1. The lowest BCUT2D eigenvalue weighted by Gasteiger charge is -2.35. The first kappa shape index (κ1) is 14.3. The van der Waals surface area contributed by atoms with Crippen LogP contribution in [0.25, 0.3) is 0 Å². The van der Waals surface area contributed by atoms with Gasteiger partial charge in [0.05, 0.1) is 0 Å². The zero-order valence-corrected chi connectivity index (χ0v) is 13.9. The van der Waals surface area contributed by atoms with Crippen LogP contribution in [0.5, 0.6) is 0 Å². The Labute approximate surface area is 133 Å². The van der Waals surface area contributed by atoms with Gasteiger partial charge in [0, 0.05) is 21.8 Å². The largest absolute Gasteiger partial charge is 0.305 e. The van der Waals surface area contributed by atoms with Gasteiger partial charge in [0.15, 0.2) is 0 Å². The smallest absolute Gasteiger partial charge is 0.258 e. The minimum atomic E-state index is 0.0912. The van der Waals surface area contributed by atoms with Crippen molar-refractivity contribution in [3.05, 3.63) is 63.6 Å². The highest BCUT2D eigenvalue weighted by atomic mass is 79.9. The Balaban J connectivity index is 2.07. The van der Waals surface area contributed by atoms with Crippen LogP contribution in [0.15, 0.2) is 46.9 Å². The minimum Gasteiger partial charge on any atom is -0.305 e. The number of nitrogens with zero attached hydrogens (tertiary/aromatic N) is 1. The maximum atomic E-state index is 13.1. The van der Waals surface area contributed by atoms with Crippen LogP contribution >= 0.6 is 15.9 Å². The molecule has 2 aromatic rings. The van der Waals surface area contributed by atoms with Crippen molar-refractivity contribution in [3.8, 4) is 0 Å². The fourth-order valence-corrected chi connectivity index (χ4v) is 3.31. The first-order valence-electron chi connectivity index (χ1n) is 7.25. The molecule has 1 unspecified atom stereocenters. The summed E-state index contributed by atoms with van der Waals surface area (Å²) < 4.78 is 0.939. The van der Waals surface area contributed by atoms with E-state index in [1.165, 1.54) is 5.56 Å². The fourth-order valence-electron chi connectivity index (χ4n) is 2.95. The molecule has 1 aliphatic heterocycles. The fraction of sp³-hybridized carbons (Fsp3) is 0.278. The Bertz CT molecular complexity index is 695. The van der Waals surface area contributed by atoms with E-state index in [2.05, 4.69) is 35.0 Å². The lowest BCUT2D eigenvalue weighted by atomic mass is 9.95. The number of amides is 1. The molecule has 1 amide bonds. The number of hydrogen-bond donors (Lipinski definition) is 0. The third kappa shape index (κ3) is 2.62. The molecular formula is C18H18BrNO. The van der Waals surface area contributed by atoms with Crippen molar-refractivity contribution < 1.29 is 4.79 Å². The molecule has 21 heavy (non-hydrogen) atoms. The van der Waals surface area contributed by atoms with Crippen LogP contribution in [0.2, 0.25) is 0 Å². The van der Waals surface area contributed by atoms with E-state index in [9.17, 15) is 4.79 Å². The number of benzene rings is 2. The molecule has 2 nitrogen and oxygen atoms in total. The summed E-state index contributed by atoms with van der Waals surface area (Å²) in [6.45, 7) is 4.11. The zero-order chi connectivity index (χ0) is 15.0. The lowest BCUT2D eigenvalue weighted by molar-refractivity contribution is 0.0974. The van der Waals surface area contributed by atoms with E-state index >= 15 is 0 Å². The van der Waals surface area contributed by atoms with Gasteiger partial charge in [-0.2, -0.15) is 0 Å². The number of fused-ring (bicyclic) bond motifs is 1. The summed E-state index contributed by atoms with van der Waals surface area (Å²) in [4.78, 5) is 15.0. The first-order chi connectivity index (χ1) is 10.1. The van der Waals surface area contributed by atoms with Crippen LogP contribution in [0, 0.1) is 6.92 Å². The molecule has 0 fully saturated rings. The number of carbonyl (C=O) groups excluding carboxylic acids is 1.